The van der Waals surface area contributed by atoms with Gasteiger partial charge < -0.3 is 20.1 Å². The molecule has 15 heavy (non-hydrogen) atoms. The van der Waals surface area contributed by atoms with Gasteiger partial charge in [-0.2, -0.15) is 0 Å². The zero-order chi connectivity index (χ0) is 10.9. The Balaban J connectivity index is 1.98. The highest BCUT2D eigenvalue weighted by atomic mass is 16.5. The van der Waals surface area contributed by atoms with Crippen molar-refractivity contribution in [2.75, 3.05) is 46.4 Å². The van der Waals surface area contributed by atoms with Crippen LogP contribution in [-0.4, -0.2) is 62.6 Å². The topological polar surface area (TPSA) is 44.7 Å². The Morgan fingerprint density at radius 1 is 1.40 bits per heavy atom. The minimum Gasteiger partial charge on any atom is -0.396 e. The average molecular weight is 216 g/mol. The van der Waals surface area contributed by atoms with E-state index in [1.165, 1.54) is 0 Å². The Bertz CT molecular complexity index is 150. The third-order valence-corrected chi connectivity index (χ3v) is 2.72. The Morgan fingerprint density at radius 3 is 2.93 bits per heavy atom. The Morgan fingerprint density at radius 2 is 2.27 bits per heavy atom. The van der Waals surface area contributed by atoms with Crippen molar-refractivity contribution in [3.63, 3.8) is 0 Å². The van der Waals surface area contributed by atoms with Crippen LogP contribution in [-0.2, 0) is 4.74 Å². The number of nitrogens with zero attached hydrogens (tertiary/aromatic N) is 1. The van der Waals surface area contributed by atoms with E-state index in [-0.39, 0.29) is 0 Å². The number of aliphatic hydroxyl groups excluding tert-OH is 1. The number of morpholine rings is 1. The first kappa shape index (κ1) is 12.9. The van der Waals surface area contributed by atoms with Crippen LogP contribution in [0.15, 0.2) is 0 Å². The Hall–Kier alpha value is -0.160. The lowest BCUT2D eigenvalue weighted by Crippen LogP contribution is -2.44. The lowest BCUT2D eigenvalue weighted by atomic mass is 10.2. The third kappa shape index (κ3) is 6.10. The van der Waals surface area contributed by atoms with Crippen molar-refractivity contribution in [3.8, 4) is 0 Å². The molecule has 0 aromatic rings. The molecule has 0 amide bonds. The van der Waals surface area contributed by atoms with Crippen LogP contribution in [0.25, 0.3) is 0 Å². The van der Waals surface area contributed by atoms with E-state index in [0.29, 0.717) is 12.7 Å². The van der Waals surface area contributed by atoms with Crippen LogP contribution in [0.3, 0.4) is 0 Å². The molecule has 1 atom stereocenters. The number of hydrogen-bond acceptors (Lipinski definition) is 4. The number of hydrogen-bond donors (Lipinski definition) is 2. The number of likely N-dealkylation sites (N-methyl/N-ethyl adjacent to an activating group) is 1. The largest absolute Gasteiger partial charge is 0.396 e. The van der Waals surface area contributed by atoms with Crippen molar-refractivity contribution in [3.05, 3.63) is 0 Å². The van der Waals surface area contributed by atoms with Gasteiger partial charge in [-0.3, -0.25) is 0 Å². The minimum absolute atomic E-state index is 0.319. The molecular formula is C11H24N2O2. The van der Waals surface area contributed by atoms with Crippen molar-refractivity contribution in [1.82, 2.24) is 10.2 Å². The zero-order valence-corrected chi connectivity index (χ0v) is 9.74. The normalized spacial score (nSPS) is 22.2. The molecule has 1 rings (SSSR count). The standard InChI is InChI=1S/C11H24N2O2/c1-13(6-3-2-4-7-14)10-11-9-12-5-8-15-11/h11-12,14H,2-10H2,1H3. The second-order valence-corrected chi connectivity index (χ2v) is 4.24. The maximum atomic E-state index is 8.65. The summed E-state index contributed by atoms with van der Waals surface area (Å²) in [7, 11) is 2.14. The second kappa shape index (κ2) is 8.05. The van der Waals surface area contributed by atoms with Gasteiger partial charge in [0.05, 0.1) is 12.7 Å². The number of rotatable bonds is 7. The molecule has 0 spiro atoms. The van der Waals surface area contributed by atoms with E-state index in [0.717, 1.165) is 52.0 Å². The van der Waals surface area contributed by atoms with Crippen LogP contribution in [0.5, 0.6) is 0 Å². The van der Waals surface area contributed by atoms with Gasteiger partial charge in [-0.05, 0) is 32.9 Å². The summed E-state index contributed by atoms with van der Waals surface area (Å²) in [6.45, 7) is 5.21. The predicted octanol–water partition coefficient (Wildman–Crippen LogP) is 0.0692. The molecule has 0 aromatic carbocycles. The van der Waals surface area contributed by atoms with E-state index in [2.05, 4.69) is 17.3 Å². The molecule has 0 bridgehead atoms. The van der Waals surface area contributed by atoms with Crippen LogP contribution < -0.4 is 5.32 Å². The van der Waals surface area contributed by atoms with Gasteiger partial charge in [0.2, 0.25) is 0 Å². The van der Waals surface area contributed by atoms with E-state index in [1.807, 2.05) is 0 Å². The second-order valence-electron chi connectivity index (χ2n) is 4.24. The van der Waals surface area contributed by atoms with Gasteiger partial charge in [-0.25, -0.2) is 0 Å². The lowest BCUT2D eigenvalue weighted by Gasteiger charge is -2.27. The Kier molecular flexibility index (Phi) is 6.92. The molecule has 0 aromatic heterocycles. The fourth-order valence-corrected chi connectivity index (χ4v) is 1.85. The molecule has 2 N–H and O–H groups in total. The smallest absolute Gasteiger partial charge is 0.0826 e. The number of nitrogens with one attached hydrogen (secondary N) is 1. The molecule has 1 saturated heterocycles. The predicted molar refractivity (Wildman–Crippen MR) is 61.0 cm³/mol. The first-order valence-corrected chi connectivity index (χ1v) is 5.94. The number of unbranched alkanes of at least 4 members (excludes halogenated alkanes) is 2. The molecular weight excluding hydrogens is 192 g/mol. The summed E-state index contributed by atoms with van der Waals surface area (Å²) in [5.74, 6) is 0. The lowest BCUT2D eigenvalue weighted by molar-refractivity contribution is 0.00983. The van der Waals surface area contributed by atoms with Gasteiger partial charge in [0.15, 0.2) is 0 Å². The van der Waals surface area contributed by atoms with Crippen molar-refractivity contribution in [1.29, 1.82) is 0 Å². The number of aliphatic hydroxyl groups is 1. The molecule has 4 nitrogen and oxygen atoms in total. The molecule has 1 aliphatic rings. The van der Waals surface area contributed by atoms with E-state index >= 15 is 0 Å². The monoisotopic (exact) mass is 216 g/mol. The minimum atomic E-state index is 0.319. The van der Waals surface area contributed by atoms with Gasteiger partial charge in [0, 0.05) is 26.2 Å². The van der Waals surface area contributed by atoms with E-state index in [1.54, 1.807) is 0 Å². The summed E-state index contributed by atoms with van der Waals surface area (Å²) >= 11 is 0. The van der Waals surface area contributed by atoms with Crippen LogP contribution in [0, 0.1) is 0 Å². The first-order chi connectivity index (χ1) is 7.33. The quantitative estimate of drug-likeness (QED) is 0.591. The fourth-order valence-electron chi connectivity index (χ4n) is 1.85. The maximum Gasteiger partial charge on any atom is 0.0826 e. The van der Waals surface area contributed by atoms with Gasteiger partial charge in [-0.1, -0.05) is 0 Å². The highest BCUT2D eigenvalue weighted by molar-refractivity contribution is 4.70. The van der Waals surface area contributed by atoms with Crippen LogP contribution in [0.2, 0.25) is 0 Å². The summed E-state index contributed by atoms with van der Waals surface area (Å²) in [5.41, 5.74) is 0. The molecule has 4 heteroatoms. The fraction of sp³-hybridized carbons (Fsp3) is 1.00. The highest BCUT2D eigenvalue weighted by Crippen LogP contribution is 2.01. The summed E-state index contributed by atoms with van der Waals surface area (Å²) in [6.07, 6.45) is 3.55. The van der Waals surface area contributed by atoms with Crippen molar-refractivity contribution in [2.45, 2.75) is 25.4 Å². The van der Waals surface area contributed by atoms with Gasteiger partial charge in [-0.15, -0.1) is 0 Å². The van der Waals surface area contributed by atoms with Crippen molar-refractivity contribution < 1.29 is 9.84 Å². The van der Waals surface area contributed by atoms with Crippen LogP contribution >= 0.6 is 0 Å². The molecule has 0 radical (unpaired) electrons. The summed E-state index contributed by atoms with van der Waals surface area (Å²) in [5, 5.41) is 12.0. The van der Waals surface area contributed by atoms with Crippen molar-refractivity contribution >= 4 is 0 Å². The van der Waals surface area contributed by atoms with Crippen LogP contribution in [0.1, 0.15) is 19.3 Å². The summed E-state index contributed by atoms with van der Waals surface area (Å²) < 4.78 is 5.63. The van der Waals surface area contributed by atoms with E-state index < -0.39 is 0 Å². The molecule has 1 aliphatic heterocycles. The van der Waals surface area contributed by atoms with E-state index in [9.17, 15) is 0 Å². The van der Waals surface area contributed by atoms with Gasteiger partial charge in [0.1, 0.15) is 0 Å². The summed E-state index contributed by atoms with van der Waals surface area (Å²) in [6, 6.07) is 0. The third-order valence-electron chi connectivity index (χ3n) is 2.72. The zero-order valence-electron chi connectivity index (χ0n) is 9.74. The van der Waals surface area contributed by atoms with E-state index in [4.69, 9.17) is 9.84 Å². The highest BCUT2D eigenvalue weighted by Gasteiger charge is 2.14. The number of ether oxygens (including phenoxy) is 1. The molecule has 1 fully saturated rings. The maximum absolute atomic E-state index is 8.65. The van der Waals surface area contributed by atoms with Crippen LogP contribution in [0.4, 0.5) is 0 Å². The summed E-state index contributed by atoms with van der Waals surface area (Å²) in [4.78, 5) is 2.31. The van der Waals surface area contributed by atoms with Gasteiger partial charge in [0.25, 0.3) is 0 Å². The first-order valence-electron chi connectivity index (χ1n) is 5.94. The molecule has 0 saturated carbocycles. The Labute approximate surface area is 92.6 Å². The molecule has 1 heterocycles. The van der Waals surface area contributed by atoms with Crippen molar-refractivity contribution in [2.24, 2.45) is 0 Å². The molecule has 0 aliphatic carbocycles. The molecule has 1 unspecified atom stereocenters. The average Bonchev–Trinajstić information content (AvgIpc) is 2.26. The molecule has 90 valence electrons. The SMILES string of the molecule is CN(CCCCCO)CC1CNCCO1. The van der Waals surface area contributed by atoms with Gasteiger partial charge >= 0.3 is 0 Å².